The maximum Gasteiger partial charge on any atom is 0.267 e. The van der Waals surface area contributed by atoms with E-state index in [0.29, 0.717) is 0 Å². The van der Waals surface area contributed by atoms with E-state index >= 15 is 0 Å². The molecule has 0 bridgehead atoms. The molecule has 1 rings (SSSR count). The maximum atomic E-state index is 12.4. The standard InChI is InChI=1S/C7H3BrClF2NO2/c8-5-4(7(10)11)3(6(9)14)2(13)1-12-5/h1,7,13H. The third-order valence-electron chi connectivity index (χ3n) is 1.46. The Morgan fingerprint density at radius 2 is 2.21 bits per heavy atom. The minimum absolute atomic E-state index is 0.214. The Labute approximate surface area is 90.8 Å². The maximum absolute atomic E-state index is 12.4. The van der Waals surface area contributed by atoms with Crippen LogP contribution < -0.4 is 0 Å². The van der Waals surface area contributed by atoms with E-state index < -0.39 is 28.5 Å². The molecule has 1 aromatic heterocycles. The van der Waals surface area contributed by atoms with E-state index in [4.69, 9.17) is 16.7 Å². The summed E-state index contributed by atoms with van der Waals surface area (Å²) in [5.74, 6) is -0.663. The normalized spacial score (nSPS) is 10.6. The van der Waals surface area contributed by atoms with Crippen molar-refractivity contribution in [1.29, 1.82) is 0 Å². The fourth-order valence-corrected chi connectivity index (χ4v) is 1.57. The van der Waals surface area contributed by atoms with Crippen molar-refractivity contribution < 1.29 is 18.7 Å². The van der Waals surface area contributed by atoms with Crippen LogP contribution in [0.2, 0.25) is 0 Å². The van der Waals surface area contributed by atoms with Gasteiger partial charge in [-0.15, -0.1) is 0 Å². The number of rotatable bonds is 2. The van der Waals surface area contributed by atoms with E-state index in [1.807, 2.05) is 0 Å². The first-order valence-electron chi connectivity index (χ1n) is 3.30. The number of aromatic hydroxyl groups is 1. The van der Waals surface area contributed by atoms with Gasteiger partial charge in [0.1, 0.15) is 10.4 Å². The molecular weight excluding hydrogens is 283 g/mol. The van der Waals surface area contributed by atoms with Gasteiger partial charge in [0.25, 0.3) is 11.7 Å². The van der Waals surface area contributed by atoms with Crippen LogP contribution in [0.1, 0.15) is 22.3 Å². The molecule has 0 unspecified atom stereocenters. The van der Waals surface area contributed by atoms with Gasteiger partial charge in [0.15, 0.2) is 0 Å². The number of alkyl halides is 2. The number of nitrogens with zero attached hydrogens (tertiary/aromatic N) is 1. The highest BCUT2D eigenvalue weighted by Gasteiger charge is 2.24. The van der Waals surface area contributed by atoms with Crippen molar-refractivity contribution in [3.63, 3.8) is 0 Å². The molecule has 0 saturated carbocycles. The van der Waals surface area contributed by atoms with E-state index in [-0.39, 0.29) is 4.60 Å². The van der Waals surface area contributed by atoms with Crippen molar-refractivity contribution in [3.05, 3.63) is 21.9 Å². The van der Waals surface area contributed by atoms with Crippen molar-refractivity contribution in [2.24, 2.45) is 0 Å². The van der Waals surface area contributed by atoms with Crippen molar-refractivity contribution in [3.8, 4) is 5.75 Å². The second kappa shape index (κ2) is 4.18. The number of carbonyl (C=O) groups is 1. The Bertz CT molecular complexity index is 386. The van der Waals surface area contributed by atoms with Crippen molar-refractivity contribution in [2.45, 2.75) is 6.43 Å². The first-order chi connectivity index (χ1) is 6.45. The summed E-state index contributed by atoms with van der Waals surface area (Å²) in [5, 5.41) is 7.96. The molecule has 76 valence electrons. The molecule has 1 heterocycles. The predicted octanol–water partition coefficient (Wildman–Crippen LogP) is 2.87. The first-order valence-corrected chi connectivity index (χ1v) is 4.47. The van der Waals surface area contributed by atoms with Gasteiger partial charge in [-0.3, -0.25) is 4.79 Å². The second-order valence-corrected chi connectivity index (χ2v) is 3.39. The fraction of sp³-hybridized carbons (Fsp3) is 0.143. The van der Waals surface area contributed by atoms with Crippen LogP contribution in [0.5, 0.6) is 5.75 Å². The molecule has 1 aromatic rings. The zero-order valence-electron chi connectivity index (χ0n) is 6.47. The molecule has 0 atom stereocenters. The molecule has 0 saturated heterocycles. The Morgan fingerprint density at radius 3 is 2.57 bits per heavy atom. The summed E-state index contributed by atoms with van der Waals surface area (Å²) in [5.41, 5.74) is -1.33. The van der Waals surface area contributed by atoms with Crippen LogP contribution in [0.3, 0.4) is 0 Å². The molecule has 1 N–H and O–H groups in total. The molecule has 0 radical (unpaired) electrons. The third-order valence-corrected chi connectivity index (χ3v) is 2.28. The van der Waals surface area contributed by atoms with Crippen molar-refractivity contribution >= 4 is 32.8 Å². The highest BCUT2D eigenvalue weighted by atomic mass is 79.9. The van der Waals surface area contributed by atoms with Gasteiger partial charge in [-0.1, -0.05) is 0 Å². The number of halogens is 4. The molecule has 0 fully saturated rings. The summed E-state index contributed by atoms with van der Waals surface area (Å²) < 4.78 is 24.7. The summed E-state index contributed by atoms with van der Waals surface area (Å²) in [6, 6.07) is 0. The van der Waals surface area contributed by atoms with E-state index in [0.717, 1.165) is 6.20 Å². The van der Waals surface area contributed by atoms with Crippen LogP contribution in [0, 0.1) is 0 Å². The van der Waals surface area contributed by atoms with Crippen LogP contribution in [-0.4, -0.2) is 15.3 Å². The quantitative estimate of drug-likeness (QED) is 0.672. The van der Waals surface area contributed by atoms with E-state index in [2.05, 4.69) is 20.9 Å². The minimum Gasteiger partial charge on any atom is -0.506 e. The van der Waals surface area contributed by atoms with E-state index in [9.17, 15) is 13.6 Å². The molecular formula is C7H3BrClF2NO2. The zero-order chi connectivity index (χ0) is 10.9. The van der Waals surface area contributed by atoms with Gasteiger partial charge >= 0.3 is 0 Å². The van der Waals surface area contributed by atoms with Crippen LogP contribution in [0.25, 0.3) is 0 Å². The third kappa shape index (κ3) is 2.01. The van der Waals surface area contributed by atoms with Gasteiger partial charge in [0.2, 0.25) is 0 Å². The molecule has 0 aliphatic heterocycles. The lowest BCUT2D eigenvalue weighted by Gasteiger charge is -2.07. The average molecular weight is 286 g/mol. The second-order valence-electron chi connectivity index (χ2n) is 2.30. The fourth-order valence-electron chi connectivity index (χ4n) is 0.899. The minimum atomic E-state index is -2.94. The Balaban J connectivity index is 3.50. The SMILES string of the molecule is O=C(Cl)c1c(O)cnc(Br)c1C(F)F. The topological polar surface area (TPSA) is 50.2 Å². The summed E-state index contributed by atoms with van der Waals surface area (Å²) >= 11 is 7.79. The van der Waals surface area contributed by atoms with Gasteiger partial charge in [-0.2, -0.15) is 0 Å². The molecule has 0 aromatic carbocycles. The molecule has 0 amide bonds. The van der Waals surface area contributed by atoms with Gasteiger partial charge in [-0.25, -0.2) is 13.8 Å². The number of carbonyl (C=O) groups excluding carboxylic acids is 1. The molecule has 14 heavy (non-hydrogen) atoms. The highest BCUT2D eigenvalue weighted by Crippen LogP contribution is 2.34. The van der Waals surface area contributed by atoms with E-state index in [1.54, 1.807) is 0 Å². The summed E-state index contributed by atoms with van der Waals surface area (Å²) in [4.78, 5) is 14.2. The number of hydrogen-bond donors (Lipinski definition) is 1. The molecule has 3 nitrogen and oxygen atoms in total. The zero-order valence-corrected chi connectivity index (χ0v) is 8.81. The van der Waals surface area contributed by atoms with Crippen molar-refractivity contribution in [1.82, 2.24) is 4.98 Å². The van der Waals surface area contributed by atoms with Crippen LogP contribution in [-0.2, 0) is 0 Å². The van der Waals surface area contributed by atoms with Crippen molar-refractivity contribution in [2.75, 3.05) is 0 Å². The van der Waals surface area contributed by atoms with Gasteiger partial charge in [0, 0.05) is 0 Å². The Kier molecular flexibility index (Phi) is 3.38. The van der Waals surface area contributed by atoms with E-state index in [1.165, 1.54) is 0 Å². The van der Waals surface area contributed by atoms with Crippen LogP contribution in [0.4, 0.5) is 8.78 Å². The lowest BCUT2D eigenvalue weighted by Crippen LogP contribution is -2.01. The smallest absolute Gasteiger partial charge is 0.267 e. The summed E-state index contributed by atoms with van der Waals surface area (Å²) in [7, 11) is 0. The largest absolute Gasteiger partial charge is 0.506 e. The Morgan fingerprint density at radius 1 is 1.64 bits per heavy atom. The molecule has 0 spiro atoms. The van der Waals surface area contributed by atoms with Crippen LogP contribution >= 0.6 is 27.5 Å². The van der Waals surface area contributed by atoms with Gasteiger partial charge < -0.3 is 5.11 Å². The number of hydrogen-bond acceptors (Lipinski definition) is 3. The summed E-state index contributed by atoms with van der Waals surface area (Å²) in [6.45, 7) is 0. The lowest BCUT2D eigenvalue weighted by atomic mass is 10.1. The summed E-state index contributed by atoms with van der Waals surface area (Å²) in [6.07, 6.45) is -2.08. The lowest BCUT2D eigenvalue weighted by molar-refractivity contribution is 0.106. The van der Waals surface area contributed by atoms with Gasteiger partial charge in [-0.05, 0) is 27.5 Å². The number of aromatic nitrogens is 1. The van der Waals surface area contributed by atoms with Gasteiger partial charge in [0.05, 0.1) is 17.3 Å². The highest BCUT2D eigenvalue weighted by molar-refractivity contribution is 9.10. The number of pyridine rings is 1. The predicted molar refractivity (Wildman–Crippen MR) is 48.7 cm³/mol. The molecule has 7 heteroatoms. The average Bonchev–Trinajstić information content (AvgIpc) is 2.07. The molecule has 0 aliphatic rings. The van der Waals surface area contributed by atoms with Crippen LogP contribution in [0.15, 0.2) is 10.8 Å². The first kappa shape index (κ1) is 11.3. The Hall–Kier alpha value is -0.750. The monoisotopic (exact) mass is 285 g/mol. The molecule has 0 aliphatic carbocycles.